The zero-order chi connectivity index (χ0) is 14.9. The van der Waals surface area contributed by atoms with E-state index in [2.05, 4.69) is 0 Å². The van der Waals surface area contributed by atoms with Crippen molar-refractivity contribution in [3.05, 3.63) is 22.7 Å². The SMILES string of the molecule is Cc1cc(S(=O)(=O)N2CCCC(CO)C2)cc(N)c1Cl. The maximum atomic E-state index is 12.6. The molecule has 1 aliphatic heterocycles. The van der Waals surface area contributed by atoms with Crippen LogP contribution in [0.15, 0.2) is 17.0 Å². The zero-order valence-corrected chi connectivity index (χ0v) is 12.9. The van der Waals surface area contributed by atoms with Gasteiger partial charge in [-0.1, -0.05) is 11.6 Å². The quantitative estimate of drug-likeness (QED) is 0.830. The second-order valence-electron chi connectivity index (χ2n) is 5.20. The van der Waals surface area contributed by atoms with Crippen LogP contribution in [0.4, 0.5) is 5.69 Å². The average Bonchev–Trinajstić information content (AvgIpc) is 2.44. The highest BCUT2D eigenvalue weighted by molar-refractivity contribution is 7.89. The highest BCUT2D eigenvalue weighted by Gasteiger charge is 2.30. The number of benzene rings is 1. The third-order valence-electron chi connectivity index (χ3n) is 3.63. The number of rotatable bonds is 3. The minimum Gasteiger partial charge on any atom is -0.397 e. The van der Waals surface area contributed by atoms with Crippen LogP contribution >= 0.6 is 11.6 Å². The van der Waals surface area contributed by atoms with Gasteiger partial charge in [0.2, 0.25) is 10.0 Å². The lowest BCUT2D eigenvalue weighted by atomic mass is 10.0. The molecule has 0 aliphatic carbocycles. The van der Waals surface area contributed by atoms with Crippen LogP contribution in [0.2, 0.25) is 5.02 Å². The average molecular weight is 319 g/mol. The smallest absolute Gasteiger partial charge is 0.243 e. The van der Waals surface area contributed by atoms with Gasteiger partial charge in [0.05, 0.1) is 15.6 Å². The molecule has 1 saturated heterocycles. The van der Waals surface area contributed by atoms with Gasteiger partial charge < -0.3 is 10.8 Å². The van der Waals surface area contributed by atoms with E-state index in [-0.39, 0.29) is 23.1 Å². The number of aliphatic hydroxyl groups is 1. The van der Waals surface area contributed by atoms with Gasteiger partial charge in [-0.15, -0.1) is 0 Å². The van der Waals surface area contributed by atoms with Crippen molar-refractivity contribution in [2.24, 2.45) is 5.92 Å². The minimum atomic E-state index is -3.58. The number of anilines is 1. The van der Waals surface area contributed by atoms with Crippen molar-refractivity contribution >= 4 is 27.3 Å². The third kappa shape index (κ3) is 2.93. The third-order valence-corrected chi connectivity index (χ3v) is 5.99. The summed E-state index contributed by atoms with van der Waals surface area (Å²) in [6.45, 7) is 2.55. The molecule has 5 nitrogen and oxygen atoms in total. The summed E-state index contributed by atoms with van der Waals surface area (Å²) < 4.78 is 26.6. The molecule has 0 spiro atoms. The van der Waals surface area contributed by atoms with Crippen molar-refractivity contribution in [1.82, 2.24) is 4.31 Å². The van der Waals surface area contributed by atoms with Crippen LogP contribution in [0.25, 0.3) is 0 Å². The van der Waals surface area contributed by atoms with E-state index in [1.807, 2.05) is 0 Å². The number of nitrogen functional groups attached to an aromatic ring is 1. The molecular weight excluding hydrogens is 300 g/mol. The van der Waals surface area contributed by atoms with Crippen molar-refractivity contribution < 1.29 is 13.5 Å². The Morgan fingerprint density at radius 1 is 1.50 bits per heavy atom. The van der Waals surface area contributed by atoms with Crippen molar-refractivity contribution in [2.45, 2.75) is 24.7 Å². The standard InChI is InChI=1S/C13H19ClN2O3S/c1-9-5-11(6-12(15)13(9)14)20(18,19)16-4-2-3-10(7-16)8-17/h5-6,10,17H,2-4,7-8,15H2,1H3. The lowest BCUT2D eigenvalue weighted by Gasteiger charge is -2.31. The summed E-state index contributed by atoms with van der Waals surface area (Å²) in [7, 11) is -3.58. The molecule has 1 fully saturated rings. The van der Waals surface area contributed by atoms with Gasteiger partial charge in [-0.3, -0.25) is 0 Å². The molecule has 1 unspecified atom stereocenters. The number of piperidine rings is 1. The number of sulfonamides is 1. The van der Waals surface area contributed by atoms with E-state index in [4.69, 9.17) is 17.3 Å². The van der Waals surface area contributed by atoms with Crippen molar-refractivity contribution in [2.75, 3.05) is 25.4 Å². The van der Waals surface area contributed by atoms with Gasteiger partial charge in [-0.2, -0.15) is 4.31 Å². The molecular formula is C13H19ClN2O3S. The Balaban J connectivity index is 2.35. The van der Waals surface area contributed by atoms with Crippen molar-refractivity contribution in [3.63, 3.8) is 0 Å². The van der Waals surface area contributed by atoms with Crippen LogP contribution < -0.4 is 5.73 Å². The Bertz CT molecular complexity index is 581. The summed E-state index contributed by atoms with van der Waals surface area (Å²) in [6.07, 6.45) is 1.61. The number of aliphatic hydroxyl groups excluding tert-OH is 1. The number of halogens is 1. The monoisotopic (exact) mass is 318 g/mol. The Morgan fingerprint density at radius 2 is 2.20 bits per heavy atom. The molecule has 1 aromatic rings. The molecule has 112 valence electrons. The number of nitrogens with two attached hydrogens (primary N) is 1. The Labute approximate surface area is 124 Å². The van der Waals surface area contributed by atoms with Crippen LogP contribution in [0.3, 0.4) is 0 Å². The molecule has 0 radical (unpaired) electrons. The predicted molar refractivity (Wildman–Crippen MR) is 79.2 cm³/mol. The van der Waals surface area contributed by atoms with Crippen LogP contribution in [0, 0.1) is 12.8 Å². The summed E-state index contributed by atoms with van der Waals surface area (Å²) in [4.78, 5) is 0.162. The van der Waals surface area contributed by atoms with Crippen molar-refractivity contribution in [3.8, 4) is 0 Å². The fourth-order valence-corrected chi connectivity index (χ4v) is 4.24. The fraction of sp³-hybridized carbons (Fsp3) is 0.538. The summed E-state index contributed by atoms with van der Waals surface area (Å²) >= 11 is 5.96. The first-order valence-corrected chi connectivity index (χ1v) is 8.34. The van der Waals surface area contributed by atoms with E-state index in [1.165, 1.54) is 16.4 Å². The predicted octanol–water partition coefficient (Wildman–Crippen LogP) is 1.62. The highest BCUT2D eigenvalue weighted by atomic mass is 35.5. The molecule has 0 bridgehead atoms. The molecule has 1 aliphatic rings. The molecule has 1 atom stereocenters. The zero-order valence-electron chi connectivity index (χ0n) is 11.3. The summed E-state index contributed by atoms with van der Waals surface area (Å²) in [5.74, 6) is 0.00395. The second kappa shape index (κ2) is 5.89. The van der Waals surface area contributed by atoms with Crippen molar-refractivity contribution in [1.29, 1.82) is 0 Å². The Kier molecular flexibility index (Phi) is 4.59. The number of nitrogens with zero attached hydrogens (tertiary/aromatic N) is 1. The van der Waals surface area contributed by atoms with E-state index < -0.39 is 10.0 Å². The molecule has 2 rings (SSSR count). The second-order valence-corrected chi connectivity index (χ2v) is 7.51. The van der Waals surface area contributed by atoms with Gasteiger partial charge >= 0.3 is 0 Å². The van der Waals surface area contributed by atoms with Gasteiger partial charge in [0.1, 0.15) is 0 Å². The number of hydrogen-bond acceptors (Lipinski definition) is 4. The van der Waals surface area contributed by atoms with Gasteiger partial charge in [-0.25, -0.2) is 8.42 Å². The minimum absolute atomic E-state index is 0.00395. The Hall–Kier alpha value is -0.820. The number of hydrogen-bond donors (Lipinski definition) is 2. The van der Waals surface area contributed by atoms with Crippen LogP contribution in [-0.2, 0) is 10.0 Å². The Morgan fingerprint density at radius 3 is 2.80 bits per heavy atom. The molecule has 0 saturated carbocycles. The normalized spacial score (nSPS) is 21.1. The van der Waals surface area contributed by atoms with Crippen LogP contribution in [0.1, 0.15) is 18.4 Å². The van der Waals surface area contributed by atoms with Gasteiger partial charge in [-0.05, 0) is 43.4 Å². The molecule has 7 heteroatoms. The molecule has 1 aromatic carbocycles. The molecule has 1 heterocycles. The summed E-state index contributed by atoms with van der Waals surface area (Å²) in [5, 5.41) is 9.60. The first-order valence-electron chi connectivity index (χ1n) is 6.53. The first-order chi connectivity index (χ1) is 9.36. The topological polar surface area (TPSA) is 83.6 Å². The largest absolute Gasteiger partial charge is 0.397 e. The van der Waals surface area contributed by atoms with E-state index in [9.17, 15) is 13.5 Å². The van der Waals surface area contributed by atoms with Gasteiger partial charge in [0.25, 0.3) is 0 Å². The van der Waals surface area contributed by atoms with E-state index in [0.717, 1.165) is 12.8 Å². The summed E-state index contributed by atoms with van der Waals surface area (Å²) in [6, 6.07) is 2.93. The maximum absolute atomic E-state index is 12.6. The molecule has 20 heavy (non-hydrogen) atoms. The first kappa shape index (κ1) is 15.6. The summed E-state index contributed by atoms with van der Waals surface area (Å²) in [5.41, 5.74) is 6.65. The lowest BCUT2D eigenvalue weighted by Crippen LogP contribution is -2.40. The fourth-order valence-electron chi connectivity index (χ4n) is 2.45. The molecule has 0 amide bonds. The van der Waals surface area contributed by atoms with Gasteiger partial charge in [0.15, 0.2) is 0 Å². The van der Waals surface area contributed by atoms with E-state index in [1.54, 1.807) is 6.92 Å². The lowest BCUT2D eigenvalue weighted by molar-refractivity contribution is 0.165. The van der Waals surface area contributed by atoms with Crippen LogP contribution in [-0.4, -0.2) is 37.5 Å². The van der Waals surface area contributed by atoms with Gasteiger partial charge in [0, 0.05) is 19.7 Å². The molecule has 0 aromatic heterocycles. The van der Waals surface area contributed by atoms with E-state index in [0.29, 0.717) is 23.7 Å². The molecule has 3 N–H and O–H groups in total. The maximum Gasteiger partial charge on any atom is 0.243 e. The van der Waals surface area contributed by atoms with E-state index >= 15 is 0 Å². The van der Waals surface area contributed by atoms with Crippen LogP contribution in [0.5, 0.6) is 0 Å². The number of aryl methyl sites for hydroxylation is 1. The highest BCUT2D eigenvalue weighted by Crippen LogP contribution is 2.30.